The number of nitrogens with zero attached hydrogens (tertiary/aromatic N) is 2. The zero-order valence-electron chi connectivity index (χ0n) is 12.8. The van der Waals surface area contributed by atoms with E-state index in [4.69, 9.17) is 5.11 Å². The maximum atomic E-state index is 12.4. The Morgan fingerprint density at radius 1 is 1.30 bits per heavy atom. The molecule has 6 heteroatoms. The Morgan fingerprint density at radius 3 is 2.70 bits per heavy atom. The van der Waals surface area contributed by atoms with E-state index < -0.39 is 11.9 Å². The number of likely N-dealkylation sites (tertiary alicyclic amines) is 1. The van der Waals surface area contributed by atoms with E-state index in [-0.39, 0.29) is 18.2 Å². The Morgan fingerprint density at radius 2 is 2.04 bits per heavy atom. The van der Waals surface area contributed by atoms with Crippen molar-refractivity contribution in [3.63, 3.8) is 0 Å². The molecule has 0 radical (unpaired) electrons. The molecular weight excluding hydrogens is 312 g/mol. The standard InChI is InChI=1S/C17H18N2O3S/c1-11-8-19(9-14(11)17(21)22)15(20)7-13-10-23-16(18-13)12-5-3-2-4-6-12/h2-6,10-11,14H,7-9H2,1H3,(H,21,22)/t11-,14-/m1/s1. The van der Waals surface area contributed by atoms with E-state index in [1.807, 2.05) is 42.6 Å². The Hall–Kier alpha value is -2.21. The van der Waals surface area contributed by atoms with E-state index in [9.17, 15) is 9.59 Å². The van der Waals surface area contributed by atoms with Crippen molar-refractivity contribution in [1.29, 1.82) is 0 Å². The smallest absolute Gasteiger partial charge is 0.308 e. The van der Waals surface area contributed by atoms with Crippen molar-refractivity contribution in [2.75, 3.05) is 13.1 Å². The third-order valence-electron chi connectivity index (χ3n) is 4.19. The van der Waals surface area contributed by atoms with E-state index in [1.54, 1.807) is 4.90 Å². The van der Waals surface area contributed by atoms with Crippen LogP contribution in [0.25, 0.3) is 10.6 Å². The summed E-state index contributed by atoms with van der Waals surface area (Å²) >= 11 is 1.52. The molecule has 1 N–H and O–H groups in total. The number of rotatable bonds is 4. The molecule has 0 bridgehead atoms. The molecule has 1 aromatic heterocycles. The van der Waals surface area contributed by atoms with Gasteiger partial charge in [-0.05, 0) is 5.92 Å². The fraction of sp³-hybridized carbons (Fsp3) is 0.353. The third-order valence-corrected chi connectivity index (χ3v) is 5.13. The molecule has 2 aromatic rings. The molecule has 5 nitrogen and oxygen atoms in total. The number of carbonyl (C=O) groups is 2. The van der Waals surface area contributed by atoms with Gasteiger partial charge in [-0.25, -0.2) is 4.98 Å². The monoisotopic (exact) mass is 330 g/mol. The number of carbonyl (C=O) groups excluding carboxylic acids is 1. The lowest BCUT2D eigenvalue weighted by Crippen LogP contribution is -2.31. The number of thiazole rings is 1. The van der Waals surface area contributed by atoms with Gasteiger partial charge in [0.1, 0.15) is 5.01 Å². The van der Waals surface area contributed by atoms with Crippen LogP contribution >= 0.6 is 11.3 Å². The highest BCUT2D eigenvalue weighted by molar-refractivity contribution is 7.13. The maximum absolute atomic E-state index is 12.4. The van der Waals surface area contributed by atoms with Gasteiger partial charge >= 0.3 is 5.97 Å². The average Bonchev–Trinajstić information content (AvgIpc) is 3.15. The lowest BCUT2D eigenvalue weighted by Gasteiger charge is -2.14. The van der Waals surface area contributed by atoms with Crippen molar-refractivity contribution in [3.05, 3.63) is 41.4 Å². The molecule has 1 aliphatic heterocycles. The molecule has 1 saturated heterocycles. The summed E-state index contributed by atoms with van der Waals surface area (Å²) in [5, 5.41) is 11.9. The van der Waals surface area contributed by atoms with Crippen molar-refractivity contribution >= 4 is 23.2 Å². The van der Waals surface area contributed by atoms with E-state index in [0.29, 0.717) is 13.1 Å². The number of aliphatic carboxylic acids is 1. The predicted octanol–water partition coefficient (Wildman–Crippen LogP) is 2.53. The quantitative estimate of drug-likeness (QED) is 0.935. The highest BCUT2D eigenvalue weighted by atomic mass is 32.1. The molecule has 1 amide bonds. The zero-order valence-corrected chi connectivity index (χ0v) is 13.6. The van der Waals surface area contributed by atoms with E-state index in [1.165, 1.54) is 11.3 Å². The molecule has 0 spiro atoms. The van der Waals surface area contributed by atoms with E-state index in [0.717, 1.165) is 16.3 Å². The van der Waals surface area contributed by atoms with Crippen LogP contribution in [0.5, 0.6) is 0 Å². The number of aromatic nitrogens is 1. The second-order valence-corrected chi connectivity index (χ2v) is 6.77. The summed E-state index contributed by atoms with van der Waals surface area (Å²) in [4.78, 5) is 29.7. The van der Waals surface area contributed by atoms with Crippen molar-refractivity contribution < 1.29 is 14.7 Å². The lowest BCUT2D eigenvalue weighted by atomic mass is 9.99. The molecular formula is C17H18N2O3S. The van der Waals surface area contributed by atoms with Crippen molar-refractivity contribution in [2.24, 2.45) is 11.8 Å². The molecule has 120 valence electrons. The number of hydrogen-bond donors (Lipinski definition) is 1. The second kappa shape index (κ2) is 6.50. The average molecular weight is 330 g/mol. The van der Waals surface area contributed by atoms with Crippen LogP contribution < -0.4 is 0 Å². The largest absolute Gasteiger partial charge is 0.481 e. The Kier molecular flexibility index (Phi) is 4.43. The van der Waals surface area contributed by atoms with Crippen LogP contribution in [0.3, 0.4) is 0 Å². The molecule has 0 aliphatic carbocycles. The van der Waals surface area contributed by atoms with Crippen LogP contribution in [0.4, 0.5) is 0 Å². The lowest BCUT2D eigenvalue weighted by molar-refractivity contribution is -0.142. The number of hydrogen-bond acceptors (Lipinski definition) is 4. The highest BCUT2D eigenvalue weighted by Gasteiger charge is 2.36. The van der Waals surface area contributed by atoms with Gasteiger partial charge in [0.25, 0.3) is 0 Å². The van der Waals surface area contributed by atoms with Gasteiger partial charge < -0.3 is 10.0 Å². The van der Waals surface area contributed by atoms with Crippen LogP contribution in [0.2, 0.25) is 0 Å². The van der Waals surface area contributed by atoms with Crippen LogP contribution in [0.15, 0.2) is 35.7 Å². The summed E-state index contributed by atoms with van der Waals surface area (Å²) in [6, 6.07) is 9.85. The Bertz CT molecular complexity index is 714. The number of benzene rings is 1. The zero-order chi connectivity index (χ0) is 16.4. The molecule has 23 heavy (non-hydrogen) atoms. The van der Waals surface area contributed by atoms with Crippen LogP contribution in [-0.2, 0) is 16.0 Å². The molecule has 3 rings (SSSR count). The molecule has 0 unspecified atom stereocenters. The van der Waals surface area contributed by atoms with Gasteiger partial charge in [-0.3, -0.25) is 9.59 Å². The summed E-state index contributed by atoms with van der Waals surface area (Å²) in [7, 11) is 0. The van der Waals surface area contributed by atoms with Crippen molar-refractivity contribution in [1.82, 2.24) is 9.88 Å². The molecule has 1 fully saturated rings. The van der Waals surface area contributed by atoms with Gasteiger partial charge in [-0.1, -0.05) is 37.3 Å². The van der Waals surface area contributed by atoms with Gasteiger partial charge in [0, 0.05) is 24.0 Å². The van der Waals surface area contributed by atoms with Gasteiger partial charge in [-0.2, -0.15) is 0 Å². The summed E-state index contributed by atoms with van der Waals surface area (Å²) in [5.74, 6) is -1.35. The van der Waals surface area contributed by atoms with Gasteiger partial charge in [-0.15, -0.1) is 11.3 Å². The SMILES string of the molecule is C[C@@H]1CN(C(=O)Cc2csc(-c3ccccc3)n2)C[C@H]1C(=O)O. The minimum Gasteiger partial charge on any atom is -0.481 e. The third kappa shape index (κ3) is 3.42. The molecule has 1 aromatic carbocycles. The van der Waals surface area contributed by atoms with Crippen LogP contribution in [0.1, 0.15) is 12.6 Å². The van der Waals surface area contributed by atoms with Crippen molar-refractivity contribution in [3.8, 4) is 10.6 Å². The van der Waals surface area contributed by atoms with Gasteiger partial charge in [0.15, 0.2) is 0 Å². The second-order valence-electron chi connectivity index (χ2n) is 5.91. The Balaban J connectivity index is 1.65. The summed E-state index contributed by atoms with van der Waals surface area (Å²) in [5.41, 5.74) is 1.78. The molecule has 2 heterocycles. The first-order chi connectivity index (χ1) is 11.0. The Labute approximate surface area is 138 Å². The predicted molar refractivity (Wildman–Crippen MR) is 88.1 cm³/mol. The molecule has 2 atom stereocenters. The molecule has 1 aliphatic rings. The van der Waals surface area contributed by atoms with Crippen LogP contribution in [-0.4, -0.2) is 40.0 Å². The minimum absolute atomic E-state index is 0.00763. The van der Waals surface area contributed by atoms with Gasteiger partial charge in [0.2, 0.25) is 5.91 Å². The summed E-state index contributed by atoms with van der Waals surface area (Å²) in [6.07, 6.45) is 0.225. The summed E-state index contributed by atoms with van der Waals surface area (Å²) < 4.78 is 0. The first kappa shape index (κ1) is 15.7. The number of carboxylic acid groups (broad SMARTS) is 1. The minimum atomic E-state index is -0.826. The van der Waals surface area contributed by atoms with E-state index >= 15 is 0 Å². The molecule has 0 saturated carbocycles. The maximum Gasteiger partial charge on any atom is 0.308 e. The first-order valence-electron chi connectivity index (χ1n) is 7.55. The van der Waals surface area contributed by atoms with E-state index in [2.05, 4.69) is 4.98 Å². The topological polar surface area (TPSA) is 70.5 Å². The summed E-state index contributed by atoms with van der Waals surface area (Å²) in [6.45, 7) is 2.68. The highest BCUT2D eigenvalue weighted by Crippen LogP contribution is 2.26. The normalized spacial score (nSPS) is 20.7. The van der Waals surface area contributed by atoms with Crippen molar-refractivity contribution in [2.45, 2.75) is 13.3 Å². The van der Waals surface area contributed by atoms with Gasteiger partial charge in [0.05, 0.1) is 18.0 Å². The van der Waals surface area contributed by atoms with Crippen LogP contribution in [0, 0.1) is 11.8 Å². The fourth-order valence-electron chi connectivity index (χ4n) is 2.86. The fourth-order valence-corrected chi connectivity index (χ4v) is 3.69. The number of amides is 1. The first-order valence-corrected chi connectivity index (χ1v) is 8.43. The number of carboxylic acids is 1.